The first kappa shape index (κ1) is 12.5. The van der Waals surface area contributed by atoms with Crippen molar-refractivity contribution >= 4 is 5.91 Å². The third-order valence-corrected chi connectivity index (χ3v) is 3.17. The average molecular weight is 214 g/mol. The van der Waals surface area contributed by atoms with Gasteiger partial charge in [0.1, 0.15) is 0 Å². The molecule has 2 unspecified atom stereocenters. The molecule has 88 valence electrons. The van der Waals surface area contributed by atoms with Crippen LogP contribution in [0.5, 0.6) is 0 Å². The van der Waals surface area contributed by atoms with Gasteiger partial charge in [0, 0.05) is 19.7 Å². The van der Waals surface area contributed by atoms with Gasteiger partial charge in [-0.2, -0.15) is 0 Å². The van der Waals surface area contributed by atoms with Crippen LogP contribution in [0, 0.1) is 5.92 Å². The zero-order valence-corrected chi connectivity index (χ0v) is 9.48. The number of amides is 1. The summed E-state index contributed by atoms with van der Waals surface area (Å²) >= 11 is 0. The molecule has 4 nitrogen and oxygen atoms in total. The van der Waals surface area contributed by atoms with Crippen LogP contribution < -0.4 is 5.73 Å². The topological polar surface area (TPSA) is 66.6 Å². The van der Waals surface area contributed by atoms with Gasteiger partial charge >= 0.3 is 0 Å². The van der Waals surface area contributed by atoms with Crippen molar-refractivity contribution in [1.82, 2.24) is 4.90 Å². The second-order valence-electron chi connectivity index (χ2n) is 4.32. The van der Waals surface area contributed by atoms with Crippen LogP contribution in [0.2, 0.25) is 0 Å². The van der Waals surface area contributed by atoms with Gasteiger partial charge in [0.15, 0.2) is 0 Å². The molecular formula is C11H22N2O2. The SMILES string of the molecule is CCC(CCO)CN1CCCC(N)C1=O. The third kappa shape index (κ3) is 3.47. The highest BCUT2D eigenvalue weighted by Crippen LogP contribution is 2.15. The van der Waals surface area contributed by atoms with E-state index in [1.165, 1.54) is 0 Å². The van der Waals surface area contributed by atoms with E-state index in [1.807, 2.05) is 4.90 Å². The van der Waals surface area contributed by atoms with Gasteiger partial charge in [-0.1, -0.05) is 13.3 Å². The molecule has 1 amide bonds. The Morgan fingerprint density at radius 1 is 1.67 bits per heavy atom. The van der Waals surface area contributed by atoms with Gasteiger partial charge in [0.2, 0.25) is 5.91 Å². The van der Waals surface area contributed by atoms with Crippen molar-refractivity contribution in [3.63, 3.8) is 0 Å². The first-order chi connectivity index (χ1) is 7.19. The second kappa shape index (κ2) is 6.08. The van der Waals surface area contributed by atoms with E-state index in [0.29, 0.717) is 5.92 Å². The monoisotopic (exact) mass is 214 g/mol. The van der Waals surface area contributed by atoms with Crippen molar-refractivity contribution in [2.24, 2.45) is 11.7 Å². The van der Waals surface area contributed by atoms with Crippen LogP contribution in [0.3, 0.4) is 0 Å². The Balaban J connectivity index is 2.44. The summed E-state index contributed by atoms with van der Waals surface area (Å²) in [5, 5.41) is 8.89. The molecule has 1 rings (SSSR count). The Morgan fingerprint density at radius 3 is 3.00 bits per heavy atom. The molecule has 3 N–H and O–H groups in total. The number of aliphatic hydroxyl groups is 1. The number of carbonyl (C=O) groups is 1. The zero-order valence-electron chi connectivity index (χ0n) is 9.48. The smallest absolute Gasteiger partial charge is 0.239 e. The average Bonchev–Trinajstić information content (AvgIpc) is 2.24. The van der Waals surface area contributed by atoms with Crippen molar-refractivity contribution in [3.8, 4) is 0 Å². The van der Waals surface area contributed by atoms with Gasteiger partial charge in [-0.15, -0.1) is 0 Å². The number of nitrogens with two attached hydrogens (primary N) is 1. The summed E-state index contributed by atoms with van der Waals surface area (Å²) in [5.74, 6) is 0.488. The van der Waals surface area contributed by atoms with E-state index in [-0.39, 0.29) is 18.6 Å². The molecule has 15 heavy (non-hydrogen) atoms. The van der Waals surface area contributed by atoms with Crippen molar-refractivity contribution in [3.05, 3.63) is 0 Å². The molecule has 0 aromatic rings. The fourth-order valence-electron chi connectivity index (χ4n) is 2.07. The first-order valence-electron chi connectivity index (χ1n) is 5.84. The Bertz CT molecular complexity index is 209. The summed E-state index contributed by atoms with van der Waals surface area (Å²) in [4.78, 5) is 13.6. The maximum atomic E-state index is 11.7. The molecule has 0 saturated carbocycles. The number of carbonyl (C=O) groups excluding carboxylic acids is 1. The van der Waals surface area contributed by atoms with E-state index in [1.54, 1.807) is 0 Å². The maximum absolute atomic E-state index is 11.7. The Morgan fingerprint density at radius 2 is 2.40 bits per heavy atom. The highest BCUT2D eigenvalue weighted by atomic mass is 16.3. The lowest BCUT2D eigenvalue weighted by atomic mass is 9.99. The van der Waals surface area contributed by atoms with Gasteiger partial charge < -0.3 is 15.7 Å². The number of aliphatic hydroxyl groups excluding tert-OH is 1. The molecular weight excluding hydrogens is 192 g/mol. The van der Waals surface area contributed by atoms with Crippen LogP contribution in [0.25, 0.3) is 0 Å². The second-order valence-corrected chi connectivity index (χ2v) is 4.32. The van der Waals surface area contributed by atoms with Crippen LogP contribution >= 0.6 is 0 Å². The fraction of sp³-hybridized carbons (Fsp3) is 0.909. The molecule has 0 spiro atoms. The lowest BCUT2D eigenvalue weighted by Crippen LogP contribution is -2.49. The summed E-state index contributed by atoms with van der Waals surface area (Å²) in [6.45, 7) is 3.87. The Labute approximate surface area is 91.4 Å². The minimum Gasteiger partial charge on any atom is -0.396 e. The van der Waals surface area contributed by atoms with Crippen LogP contribution in [0.15, 0.2) is 0 Å². The normalized spacial score (nSPS) is 24.3. The lowest BCUT2D eigenvalue weighted by molar-refractivity contribution is -0.135. The predicted octanol–water partition coefficient (Wildman–Crippen LogP) is 0.345. The number of likely N-dealkylation sites (tertiary alicyclic amines) is 1. The van der Waals surface area contributed by atoms with Crippen molar-refractivity contribution in [2.45, 2.75) is 38.6 Å². The molecule has 2 atom stereocenters. The molecule has 0 aliphatic carbocycles. The minimum atomic E-state index is -0.301. The molecule has 1 heterocycles. The molecule has 4 heteroatoms. The molecule has 1 aliphatic rings. The van der Waals surface area contributed by atoms with Crippen molar-refractivity contribution in [2.75, 3.05) is 19.7 Å². The molecule has 1 fully saturated rings. The highest BCUT2D eigenvalue weighted by Gasteiger charge is 2.26. The van der Waals surface area contributed by atoms with E-state index in [4.69, 9.17) is 10.8 Å². The van der Waals surface area contributed by atoms with Gasteiger partial charge in [-0.05, 0) is 25.2 Å². The summed E-state index contributed by atoms with van der Waals surface area (Å²) in [6, 6.07) is -0.301. The molecule has 0 aromatic heterocycles. The van der Waals surface area contributed by atoms with Crippen LogP contribution in [-0.2, 0) is 4.79 Å². The van der Waals surface area contributed by atoms with Crippen LogP contribution in [0.1, 0.15) is 32.6 Å². The van der Waals surface area contributed by atoms with Gasteiger partial charge in [0.25, 0.3) is 0 Å². The van der Waals surface area contributed by atoms with Gasteiger partial charge in [-0.3, -0.25) is 4.79 Å². The number of rotatable bonds is 5. The maximum Gasteiger partial charge on any atom is 0.239 e. The summed E-state index contributed by atoms with van der Waals surface area (Å²) in [5.41, 5.74) is 5.72. The molecule has 0 radical (unpaired) electrons. The van der Waals surface area contributed by atoms with E-state index < -0.39 is 0 Å². The van der Waals surface area contributed by atoms with Crippen molar-refractivity contribution < 1.29 is 9.90 Å². The number of hydrogen-bond acceptors (Lipinski definition) is 3. The van der Waals surface area contributed by atoms with Crippen LogP contribution in [0.4, 0.5) is 0 Å². The number of hydrogen-bond donors (Lipinski definition) is 2. The highest BCUT2D eigenvalue weighted by molar-refractivity contribution is 5.82. The molecule has 1 aliphatic heterocycles. The van der Waals surface area contributed by atoms with E-state index in [2.05, 4.69) is 6.92 Å². The molecule has 0 aromatic carbocycles. The number of piperidine rings is 1. The molecule has 0 bridgehead atoms. The third-order valence-electron chi connectivity index (χ3n) is 3.17. The van der Waals surface area contributed by atoms with E-state index in [9.17, 15) is 4.79 Å². The predicted molar refractivity (Wildman–Crippen MR) is 59.3 cm³/mol. The molecule has 1 saturated heterocycles. The van der Waals surface area contributed by atoms with E-state index in [0.717, 1.165) is 38.8 Å². The van der Waals surface area contributed by atoms with Gasteiger partial charge in [-0.25, -0.2) is 0 Å². The van der Waals surface area contributed by atoms with Gasteiger partial charge in [0.05, 0.1) is 6.04 Å². The minimum absolute atomic E-state index is 0.0811. The standard InChI is InChI=1S/C11H22N2O2/c1-2-9(5-7-14)8-13-6-3-4-10(12)11(13)15/h9-10,14H,2-8,12H2,1H3. The van der Waals surface area contributed by atoms with E-state index >= 15 is 0 Å². The largest absolute Gasteiger partial charge is 0.396 e. The Kier molecular flexibility index (Phi) is 5.05. The fourth-order valence-corrected chi connectivity index (χ4v) is 2.07. The zero-order chi connectivity index (χ0) is 11.3. The summed E-state index contributed by atoms with van der Waals surface area (Å²) in [6.07, 6.45) is 3.59. The lowest BCUT2D eigenvalue weighted by Gasteiger charge is -2.33. The summed E-state index contributed by atoms with van der Waals surface area (Å²) < 4.78 is 0. The Hall–Kier alpha value is -0.610. The first-order valence-corrected chi connectivity index (χ1v) is 5.84. The van der Waals surface area contributed by atoms with Crippen LogP contribution in [-0.4, -0.2) is 41.7 Å². The quantitative estimate of drug-likeness (QED) is 0.693. The van der Waals surface area contributed by atoms with Crippen molar-refractivity contribution in [1.29, 1.82) is 0 Å². The number of nitrogens with zero attached hydrogens (tertiary/aromatic N) is 1. The summed E-state index contributed by atoms with van der Waals surface area (Å²) in [7, 11) is 0.